The van der Waals surface area contributed by atoms with Crippen molar-refractivity contribution in [2.24, 2.45) is 5.92 Å². The third-order valence-electron chi connectivity index (χ3n) is 9.91. The molecule has 0 spiro atoms. The molecular weight excluding hydrogens is 569 g/mol. The lowest BCUT2D eigenvalue weighted by Crippen LogP contribution is -2.53. The van der Waals surface area contributed by atoms with Gasteiger partial charge in [0, 0.05) is 61.3 Å². The molecule has 0 bridgehead atoms. The minimum absolute atomic E-state index is 0.0506. The van der Waals surface area contributed by atoms with Crippen LogP contribution in [0.3, 0.4) is 0 Å². The Kier molecular flexibility index (Phi) is 7.33. The molecule has 1 saturated carbocycles. The first kappa shape index (κ1) is 29.4. The predicted molar refractivity (Wildman–Crippen MR) is 159 cm³/mol. The Labute approximate surface area is 255 Å². The lowest BCUT2D eigenvalue weighted by molar-refractivity contribution is -0.138. The fourth-order valence-electron chi connectivity index (χ4n) is 7.15. The fraction of sp³-hybridized carbons (Fsp3) is 0.545. The summed E-state index contributed by atoms with van der Waals surface area (Å²) < 4.78 is 51.3. The van der Waals surface area contributed by atoms with Gasteiger partial charge >= 0.3 is 6.18 Å². The number of likely N-dealkylation sites (N-methyl/N-ethyl adjacent to an activating group) is 1. The number of carbonyl (C=O) groups is 1. The van der Waals surface area contributed by atoms with Crippen molar-refractivity contribution >= 4 is 11.6 Å². The maximum Gasteiger partial charge on any atom is 0.416 e. The van der Waals surface area contributed by atoms with Gasteiger partial charge in [-0.25, -0.2) is 0 Å². The van der Waals surface area contributed by atoms with Crippen LogP contribution in [0.1, 0.15) is 71.2 Å². The van der Waals surface area contributed by atoms with Gasteiger partial charge in [0.1, 0.15) is 12.2 Å². The summed E-state index contributed by atoms with van der Waals surface area (Å²) in [5, 5.41) is 8.53. The number of hydrogen-bond acceptors (Lipinski definition) is 6. The molecule has 0 radical (unpaired) electrons. The van der Waals surface area contributed by atoms with Gasteiger partial charge in [0.2, 0.25) is 0 Å². The maximum absolute atomic E-state index is 14.5. The molecule has 1 amide bonds. The summed E-state index contributed by atoms with van der Waals surface area (Å²) in [6.07, 6.45) is 0.110. The quantitative estimate of drug-likeness (QED) is 0.356. The molecule has 1 atom stereocenters. The molecule has 1 aromatic heterocycles. The standard InChI is InChI=1S/C33H39F3N6O2/c1-21(2)29-17-39(3)9-10-40(29)15-22-11-26-27(28(12-22)33(34,35)36)16-41(31(26)43)25-6-4-5-23(13-25)32(18-44-19-32)14-30-38-37-20-42(30)24-7-8-24/h4-6,11-13,20-21,24,29H,7-10,14-19H2,1-3H3. The molecule has 2 aromatic carbocycles. The Balaban J connectivity index is 1.18. The van der Waals surface area contributed by atoms with Crippen LogP contribution in [0.25, 0.3) is 0 Å². The van der Waals surface area contributed by atoms with Gasteiger partial charge in [0.15, 0.2) is 0 Å². The lowest BCUT2D eigenvalue weighted by atomic mass is 9.75. The molecule has 3 aliphatic heterocycles. The van der Waals surface area contributed by atoms with Crippen LogP contribution in [0.2, 0.25) is 0 Å². The molecule has 1 unspecified atom stereocenters. The van der Waals surface area contributed by atoms with Crippen molar-refractivity contribution in [1.29, 1.82) is 0 Å². The Bertz CT molecular complexity index is 1560. The average molecular weight is 609 g/mol. The Morgan fingerprint density at radius 2 is 1.91 bits per heavy atom. The summed E-state index contributed by atoms with van der Waals surface area (Å²) in [5.41, 5.74) is 1.26. The van der Waals surface area contributed by atoms with Gasteiger partial charge in [0.25, 0.3) is 5.91 Å². The van der Waals surface area contributed by atoms with Crippen LogP contribution in [-0.2, 0) is 35.8 Å². The van der Waals surface area contributed by atoms with E-state index in [0.717, 1.165) is 43.9 Å². The number of piperazine rings is 1. The number of halogens is 3. The molecule has 4 heterocycles. The number of rotatable bonds is 8. The second kappa shape index (κ2) is 11.0. The van der Waals surface area contributed by atoms with Gasteiger partial charge in [-0.1, -0.05) is 26.0 Å². The fourth-order valence-corrected chi connectivity index (χ4v) is 7.15. The normalized spacial score (nSPS) is 22.5. The van der Waals surface area contributed by atoms with E-state index in [0.29, 0.717) is 49.4 Å². The van der Waals surface area contributed by atoms with Gasteiger partial charge in [0.05, 0.1) is 25.3 Å². The summed E-state index contributed by atoms with van der Waals surface area (Å²) in [5.74, 6) is 0.872. The number of benzene rings is 2. The van der Waals surface area contributed by atoms with Gasteiger partial charge in [-0.05, 0) is 66.8 Å². The molecule has 3 fully saturated rings. The topological polar surface area (TPSA) is 66.7 Å². The number of alkyl halides is 3. The van der Waals surface area contributed by atoms with E-state index in [2.05, 4.69) is 45.5 Å². The number of nitrogens with zero attached hydrogens (tertiary/aromatic N) is 6. The van der Waals surface area contributed by atoms with E-state index in [1.165, 1.54) is 11.0 Å². The zero-order chi connectivity index (χ0) is 30.8. The van der Waals surface area contributed by atoms with Crippen LogP contribution in [0.15, 0.2) is 42.7 Å². The molecule has 0 N–H and O–H groups in total. The van der Waals surface area contributed by atoms with E-state index in [-0.39, 0.29) is 29.1 Å². The van der Waals surface area contributed by atoms with Crippen molar-refractivity contribution in [1.82, 2.24) is 24.6 Å². The van der Waals surface area contributed by atoms with E-state index in [9.17, 15) is 18.0 Å². The maximum atomic E-state index is 14.5. The third-order valence-corrected chi connectivity index (χ3v) is 9.91. The van der Waals surface area contributed by atoms with Crippen molar-refractivity contribution in [3.8, 4) is 0 Å². The van der Waals surface area contributed by atoms with Crippen molar-refractivity contribution in [3.05, 3.63) is 76.4 Å². The molecule has 3 aromatic rings. The van der Waals surface area contributed by atoms with Crippen LogP contribution in [0, 0.1) is 5.92 Å². The average Bonchev–Trinajstić information content (AvgIpc) is 3.61. The zero-order valence-corrected chi connectivity index (χ0v) is 25.5. The lowest BCUT2D eigenvalue weighted by Gasteiger charge is -2.42. The molecule has 11 heteroatoms. The van der Waals surface area contributed by atoms with Crippen LogP contribution >= 0.6 is 0 Å². The van der Waals surface area contributed by atoms with Crippen molar-refractivity contribution < 1.29 is 22.7 Å². The van der Waals surface area contributed by atoms with Crippen LogP contribution in [-0.4, -0.2) is 76.4 Å². The molecule has 4 aliphatic rings. The first-order valence-electron chi connectivity index (χ1n) is 15.6. The molecule has 2 saturated heterocycles. The number of aromatic nitrogens is 3. The number of carbonyl (C=O) groups excluding carboxylic acids is 1. The van der Waals surface area contributed by atoms with Gasteiger partial charge in [-0.15, -0.1) is 10.2 Å². The second-order valence-corrected chi connectivity index (χ2v) is 13.5. The summed E-state index contributed by atoms with van der Waals surface area (Å²) in [6.45, 7) is 8.06. The van der Waals surface area contributed by atoms with Crippen molar-refractivity contribution in [3.63, 3.8) is 0 Å². The first-order valence-corrected chi connectivity index (χ1v) is 15.6. The minimum Gasteiger partial charge on any atom is -0.379 e. The van der Waals surface area contributed by atoms with Crippen LogP contribution in [0.5, 0.6) is 0 Å². The predicted octanol–water partition coefficient (Wildman–Crippen LogP) is 5.07. The summed E-state index contributed by atoms with van der Waals surface area (Å²) in [4.78, 5) is 19.9. The molecule has 1 aliphatic carbocycles. The number of hydrogen-bond donors (Lipinski definition) is 0. The first-order chi connectivity index (χ1) is 21.0. The molecule has 44 heavy (non-hydrogen) atoms. The number of anilines is 1. The van der Waals surface area contributed by atoms with E-state index in [4.69, 9.17) is 4.74 Å². The van der Waals surface area contributed by atoms with Gasteiger partial charge in [-0.3, -0.25) is 9.69 Å². The number of fused-ring (bicyclic) bond motifs is 1. The summed E-state index contributed by atoms with van der Waals surface area (Å²) >= 11 is 0. The molecule has 7 rings (SSSR count). The highest BCUT2D eigenvalue weighted by molar-refractivity contribution is 6.10. The Morgan fingerprint density at radius 3 is 2.59 bits per heavy atom. The molecular formula is C33H39F3N6O2. The van der Waals surface area contributed by atoms with E-state index in [1.807, 2.05) is 18.2 Å². The molecule has 234 valence electrons. The van der Waals surface area contributed by atoms with E-state index >= 15 is 0 Å². The molecule has 8 nitrogen and oxygen atoms in total. The van der Waals surface area contributed by atoms with E-state index in [1.54, 1.807) is 18.5 Å². The van der Waals surface area contributed by atoms with E-state index < -0.39 is 17.6 Å². The minimum atomic E-state index is -4.57. The Hall–Kier alpha value is -3.28. The summed E-state index contributed by atoms with van der Waals surface area (Å²) in [7, 11) is 2.08. The second-order valence-electron chi connectivity index (χ2n) is 13.5. The monoisotopic (exact) mass is 608 g/mol. The van der Waals surface area contributed by atoms with Gasteiger partial charge < -0.3 is 19.1 Å². The van der Waals surface area contributed by atoms with Crippen LogP contribution < -0.4 is 4.90 Å². The highest BCUT2D eigenvalue weighted by atomic mass is 19.4. The zero-order valence-electron chi connectivity index (χ0n) is 25.5. The SMILES string of the molecule is CC(C)C1CN(C)CCN1Cc1cc2c(c(C(F)(F)F)c1)CN(c1cccc(C3(Cc4nncn4C4CC4)COC3)c1)C2=O. The Morgan fingerprint density at radius 1 is 1.11 bits per heavy atom. The highest BCUT2D eigenvalue weighted by Gasteiger charge is 2.44. The number of amides is 1. The van der Waals surface area contributed by atoms with Crippen molar-refractivity contribution in [2.75, 3.05) is 44.8 Å². The van der Waals surface area contributed by atoms with Gasteiger partial charge in [-0.2, -0.15) is 13.2 Å². The largest absolute Gasteiger partial charge is 0.416 e. The number of ether oxygens (including phenoxy) is 1. The smallest absolute Gasteiger partial charge is 0.379 e. The van der Waals surface area contributed by atoms with Crippen molar-refractivity contribution in [2.45, 2.75) is 69.9 Å². The highest BCUT2D eigenvalue weighted by Crippen LogP contribution is 2.43. The third kappa shape index (κ3) is 5.32. The summed E-state index contributed by atoms with van der Waals surface area (Å²) in [6, 6.07) is 11.3. The van der Waals surface area contributed by atoms with Crippen LogP contribution in [0.4, 0.5) is 18.9 Å².